The molecule has 5 nitrogen and oxygen atoms in total. The van der Waals surface area contributed by atoms with Crippen molar-refractivity contribution in [1.82, 2.24) is 14.4 Å². The monoisotopic (exact) mass is 355 g/mol. The van der Waals surface area contributed by atoms with E-state index in [0.717, 1.165) is 54.3 Å². The number of ether oxygens (including phenoxy) is 1. The standard InChI is InChI=1S/C21H29N3O2/c1-15-13-20(21(25)23-12-6-7-18(14-23)22(3)4)16(2)24(15)17-8-10-19(26-5)11-9-17/h8-11,13,18H,6-7,12,14H2,1-5H3. The van der Waals surface area contributed by atoms with Gasteiger partial charge in [0.25, 0.3) is 5.91 Å². The summed E-state index contributed by atoms with van der Waals surface area (Å²) in [6.45, 7) is 5.72. The number of nitrogens with zero attached hydrogens (tertiary/aromatic N) is 3. The topological polar surface area (TPSA) is 37.7 Å². The number of aromatic nitrogens is 1. The van der Waals surface area contributed by atoms with Gasteiger partial charge in [0.15, 0.2) is 0 Å². The summed E-state index contributed by atoms with van der Waals surface area (Å²) in [5, 5.41) is 0. The van der Waals surface area contributed by atoms with Crippen molar-refractivity contribution < 1.29 is 9.53 Å². The number of hydrogen-bond donors (Lipinski definition) is 0. The SMILES string of the molecule is COc1ccc(-n2c(C)cc(C(=O)N3CCCC(N(C)C)C3)c2C)cc1. The predicted octanol–water partition coefficient (Wildman–Crippen LogP) is 3.27. The largest absolute Gasteiger partial charge is 0.497 e. The highest BCUT2D eigenvalue weighted by Gasteiger charge is 2.27. The Morgan fingerprint density at radius 1 is 1.19 bits per heavy atom. The van der Waals surface area contributed by atoms with Gasteiger partial charge in [-0.2, -0.15) is 0 Å². The molecule has 0 bridgehead atoms. The van der Waals surface area contributed by atoms with Gasteiger partial charge in [-0.15, -0.1) is 0 Å². The van der Waals surface area contributed by atoms with Crippen molar-refractivity contribution >= 4 is 5.91 Å². The van der Waals surface area contributed by atoms with Gasteiger partial charge in [-0.3, -0.25) is 4.79 Å². The Balaban J connectivity index is 1.88. The molecule has 1 aromatic heterocycles. The maximum atomic E-state index is 13.2. The van der Waals surface area contributed by atoms with Crippen molar-refractivity contribution in [2.75, 3.05) is 34.3 Å². The van der Waals surface area contributed by atoms with Crippen LogP contribution in [0.1, 0.15) is 34.6 Å². The van der Waals surface area contributed by atoms with E-state index in [1.165, 1.54) is 0 Å². The summed E-state index contributed by atoms with van der Waals surface area (Å²) in [4.78, 5) is 17.4. The fourth-order valence-corrected chi connectivity index (χ4v) is 3.84. The second-order valence-electron chi connectivity index (χ2n) is 7.33. The lowest BCUT2D eigenvalue weighted by molar-refractivity contribution is 0.0634. The molecular weight excluding hydrogens is 326 g/mol. The molecule has 1 fully saturated rings. The van der Waals surface area contributed by atoms with Gasteiger partial charge in [-0.05, 0) is 71.1 Å². The van der Waals surface area contributed by atoms with Crippen molar-refractivity contribution in [2.45, 2.75) is 32.7 Å². The summed E-state index contributed by atoms with van der Waals surface area (Å²) in [5.41, 5.74) is 3.91. The molecule has 2 aromatic rings. The van der Waals surface area contributed by atoms with E-state index >= 15 is 0 Å². The molecule has 1 aliphatic heterocycles. The van der Waals surface area contributed by atoms with Crippen LogP contribution in [0.5, 0.6) is 5.75 Å². The van der Waals surface area contributed by atoms with Crippen LogP contribution in [-0.2, 0) is 0 Å². The third-order valence-corrected chi connectivity index (χ3v) is 5.41. The van der Waals surface area contributed by atoms with Crippen molar-refractivity contribution in [3.05, 3.63) is 47.3 Å². The van der Waals surface area contributed by atoms with E-state index in [-0.39, 0.29) is 5.91 Å². The van der Waals surface area contributed by atoms with Gasteiger partial charge in [0, 0.05) is 36.2 Å². The van der Waals surface area contributed by atoms with E-state index in [4.69, 9.17) is 4.74 Å². The van der Waals surface area contributed by atoms with Gasteiger partial charge in [-0.25, -0.2) is 0 Å². The van der Waals surface area contributed by atoms with Crippen LogP contribution < -0.4 is 4.74 Å². The molecule has 0 N–H and O–H groups in total. The number of aryl methyl sites for hydroxylation is 1. The number of carbonyl (C=O) groups excluding carboxylic acids is 1. The van der Waals surface area contributed by atoms with E-state index < -0.39 is 0 Å². The molecule has 1 atom stereocenters. The van der Waals surface area contributed by atoms with E-state index in [9.17, 15) is 4.79 Å². The first-order chi connectivity index (χ1) is 12.4. The Morgan fingerprint density at radius 2 is 1.88 bits per heavy atom. The molecule has 1 amide bonds. The number of amides is 1. The molecule has 0 saturated carbocycles. The third-order valence-electron chi connectivity index (χ3n) is 5.41. The lowest BCUT2D eigenvalue weighted by Gasteiger charge is -2.36. The minimum Gasteiger partial charge on any atom is -0.497 e. The molecule has 26 heavy (non-hydrogen) atoms. The second kappa shape index (κ2) is 7.54. The van der Waals surface area contributed by atoms with Crippen LogP contribution in [-0.4, -0.2) is 60.6 Å². The van der Waals surface area contributed by atoms with E-state index in [1.807, 2.05) is 49.1 Å². The molecule has 3 rings (SSSR count). The highest BCUT2D eigenvalue weighted by atomic mass is 16.5. The van der Waals surface area contributed by atoms with Crippen LogP contribution in [0, 0.1) is 13.8 Å². The summed E-state index contributed by atoms with van der Waals surface area (Å²) in [7, 11) is 5.85. The summed E-state index contributed by atoms with van der Waals surface area (Å²) in [5.74, 6) is 0.972. The first-order valence-electron chi connectivity index (χ1n) is 9.21. The normalized spacial score (nSPS) is 17.6. The molecule has 5 heteroatoms. The molecule has 1 aliphatic rings. The quantitative estimate of drug-likeness (QED) is 0.845. The minimum atomic E-state index is 0.143. The molecule has 1 unspecified atom stereocenters. The minimum absolute atomic E-state index is 0.143. The Kier molecular flexibility index (Phi) is 5.37. The number of likely N-dealkylation sites (N-methyl/N-ethyl adjacent to an activating group) is 1. The Labute approximate surface area is 156 Å². The van der Waals surface area contributed by atoms with Gasteiger partial charge < -0.3 is 19.1 Å². The first kappa shape index (κ1) is 18.5. The molecule has 2 heterocycles. The Hall–Kier alpha value is -2.27. The highest BCUT2D eigenvalue weighted by molar-refractivity contribution is 5.96. The van der Waals surface area contributed by atoms with Crippen LogP contribution in [0.15, 0.2) is 30.3 Å². The van der Waals surface area contributed by atoms with Crippen molar-refractivity contribution in [3.8, 4) is 11.4 Å². The molecule has 140 valence electrons. The molecule has 0 aliphatic carbocycles. The maximum Gasteiger partial charge on any atom is 0.255 e. The summed E-state index contributed by atoms with van der Waals surface area (Å²) in [6, 6.07) is 10.4. The van der Waals surface area contributed by atoms with Crippen LogP contribution in [0.3, 0.4) is 0 Å². The van der Waals surface area contributed by atoms with Crippen molar-refractivity contribution in [1.29, 1.82) is 0 Å². The Morgan fingerprint density at radius 3 is 2.50 bits per heavy atom. The number of rotatable bonds is 4. The average Bonchev–Trinajstić information content (AvgIpc) is 2.95. The van der Waals surface area contributed by atoms with Gasteiger partial charge >= 0.3 is 0 Å². The van der Waals surface area contributed by atoms with Crippen molar-refractivity contribution in [2.24, 2.45) is 0 Å². The number of benzene rings is 1. The molecule has 0 radical (unpaired) electrons. The zero-order chi connectivity index (χ0) is 18.8. The van der Waals surface area contributed by atoms with E-state index in [2.05, 4.69) is 23.6 Å². The van der Waals surface area contributed by atoms with Gasteiger partial charge in [0.1, 0.15) is 5.75 Å². The maximum absolute atomic E-state index is 13.2. The lowest BCUT2D eigenvalue weighted by atomic mass is 10.0. The molecular formula is C21H29N3O2. The fourth-order valence-electron chi connectivity index (χ4n) is 3.84. The Bertz CT molecular complexity index is 777. The summed E-state index contributed by atoms with van der Waals surface area (Å²) < 4.78 is 7.38. The molecule has 0 spiro atoms. The van der Waals surface area contributed by atoms with Crippen LogP contribution >= 0.6 is 0 Å². The van der Waals surface area contributed by atoms with E-state index in [1.54, 1.807) is 7.11 Å². The average molecular weight is 355 g/mol. The van der Waals surface area contributed by atoms with Gasteiger partial charge in [0.2, 0.25) is 0 Å². The highest BCUT2D eigenvalue weighted by Crippen LogP contribution is 2.25. The number of hydrogen-bond acceptors (Lipinski definition) is 3. The van der Waals surface area contributed by atoms with Crippen LogP contribution in [0.25, 0.3) is 5.69 Å². The van der Waals surface area contributed by atoms with Gasteiger partial charge in [-0.1, -0.05) is 0 Å². The predicted molar refractivity (Wildman–Crippen MR) is 104 cm³/mol. The van der Waals surface area contributed by atoms with Crippen molar-refractivity contribution in [3.63, 3.8) is 0 Å². The number of carbonyl (C=O) groups is 1. The van der Waals surface area contributed by atoms with E-state index in [0.29, 0.717) is 6.04 Å². The summed E-state index contributed by atoms with van der Waals surface area (Å²) >= 11 is 0. The number of likely N-dealkylation sites (tertiary alicyclic amines) is 1. The third kappa shape index (κ3) is 3.49. The zero-order valence-corrected chi connectivity index (χ0v) is 16.5. The summed E-state index contributed by atoms with van der Waals surface area (Å²) in [6.07, 6.45) is 2.22. The fraction of sp³-hybridized carbons (Fsp3) is 0.476. The first-order valence-corrected chi connectivity index (χ1v) is 9.21. The molecule has 1 saturated heterocycles. The number of methoxy groups -OCH3 is 1. The van der Waals surface area contributed by atoms with Crippen LogP contribution in [0.4, 0.5) is 0 Å². The zero-order valence-electron chi connectivity index (χ0n) is 16.5. The smallest absolute Gasteiger partial charge is 0.255 e. The number of piperidine rings is 1. The lowest BCUT2D eigenvalue weighted by Crippen LogP contribution is -2.47. The van der Waals surface area contributed by atoms with Crippen LogP contribution in [0.2, 0.25) is 0 Å². The second-order valence-corrected chi connectivity index (χ2v) is 7.33. The van der Waals surface area contributed by atoms with Gasteiger partial charge in [0.05, 0.1) is 12.7 Å². The molecule has 1 aromatic carbocycles.